The molecule has 22 heavy (non-hydrogen) atoms. The van der Waals surface area contributed by atoms with Crippen LogP contribution >= 0.6 is 0 Å². The molecule has 0 fully saturated rings. The van der Waals surface area contributed by atoms with Crippen LogP contribution in [0, 0.1) is 0 Å². The number of carbonyl (C=O) groups is 1. The first kappa shape index (κ1) is 14.3. The van der Waals surface area contributed by atoms with E-state index in [0.717, 1.165) is 5.56 Å². The van der Waals surface area contributed by atoms with Crippen LogP contribution in [0.3, 0.4) is 0 Å². The fraction of sp³-hybridized carbons (Fsp3) is 0.150. The summed E-state index contributed by atoms with van der Waals surface area (Å²) in [4.78, 5) is 11.4. The quantitative estimate of drug-likeness (QED) is 0.844. The highest BCUT2D eigenvalue weighted by atomic mass is 16.4. The fourth-order valence-electron chi connectivity index (χ4n) is 2.98. The second-order valence-corrected chi connectivity index (χ2v) is 5.50. The van der Waals surface area contributed by atoms with E-state index in [9.17, 15) is 9.90 Å². The van der Waals surface area contributed by atoms with Crippen LogP contribution in [0.15, 0.2) is 84.5 Å². The van der Waals surface area contributed by atoms with Gasteiger partial charge < -0.3 is 5.11 Å². The number of rotatable bonds is 3. The predicted octanol–water partition coefficient (Wildman–Crippen LogP) is 4.52. The van der Waals surface area contributed by atoms with Gasteiger partial charge in [-0.2, -0.15) is 0 Å². The van der Waals surface area contributed by atoms with Crippen LogP contribution in [-0.2, 0) is 4.79 Å². The average molecular weight is 290 g/mol. The van der Waals surface area contributed by atoms with E-state index in [-0.39, 0.29) is 11.8 Å². The Bertz CT molecular complexity index is 699. The summed E-state index contributed by atoms with van der Waals surface area (Å²) in [7, 11) is 0. The molecule has 0 saturated heterocycles. The topological polar surface area (TPSA) is 37.3 Å². The normalized spacial score (nSPS) is 21.0. The Kier molecular flexibility index (Phi) is 4.19. The number of carboxylic acids is 1. The number of hydrogen-bond acceptors (Lipinski definition) is 1. The zero-order valence-corrected chi connectivity index (χ0v) is 12.2. The van der Waals surface area contributed by atoms with Crippen molar-refractivity contribution in [2.45, 2.75) is 18.3 Å². The molecule has 110 valence electrons. The van der Waals surface area contributed by atoms with Gasteiger partial charge in [0.15, 0.2) is 0 Å². The molecule has 2 aromatic rings. The van der Waals surface area contributed by atoms with E-state index in [2.05, 4.69) is 30.3 Å². The maximum Gasteiger partial charge on any atom is 0.331 e. The lowest BCUT2D eigenvalue weighted by Gasteiger charge is -2.22. The van der Waals surface area contributed by atoms with Crippen molar-refractivity contribution in [3.8, 4) is 0 Å². The van der Waals surface area contributed by atoms with Gasteiger partial charge in [-0.3, -0.25) is 0 Å². The molecule has 0 aliphatic heterocycles. The summed E-state index contributed by atoms with van der Waals surface area (Å²) in [5.41, 5.74) is 2.81. The van der Waals surface area contributed by atoms with Crippen LogP contribution in [0.4, 0.5) is 0 Å². The van der Waals surface area contributed by atoms with Gasteiger partial charge in [-0.05, 0) is 17.5 Å². The molecule has 0 radical (unpaired) electrons. The van der Waals surface area contributed by atoms with E-state index < -0.39 is 5.97 Å². The lowest BCUT2D eigenvalue weighted by atomic mass is 9.81. The molecule has 0 saturated carbocycles. The SMILES string of the molecule is O=C(O)C1=CC(c2ccccc2)C(c2ccccc2)C=CC1. The van der Waals surface area contributed by atoms with Crippen LogP contribution in [0.5, 0.6) is 0 Å². The molecular formula is C20H18O2. The minimum Gasteiger partial charge on any atom is -0.478 e. The zero-order chi connectivity index (χ0) is 15.4. The highest BCUT2D eigenvalue weighted by Gasteiger charge is 2.24. The predicted molar refractivity (Wildman–Crippen MR) is 87.8 cm³/mol. The van der Waals surface area contributed by atoms with Crippen LogP contribution < -0.4 is 0 Å². The van der Waals surface area contributed by atoms with Gasteiger partial charge in [-0.1, -0.05) is 78.9 Å². The molecule has 0 bridgehead atoms. The van der Waals surface area contributed by atoms with Crippen LogP contribution in [-0.4, -0.2) is 11.1 Å². The zero-order valence-electron chi connectivity index (χ0n) is 12.2. The van der Waals surface area contributed by atoms with Gasteiger partial charge in [0.05, 0.1) is 0 Å². The van der Waals surface area contributed by atoms with Crippen LogP contribution in [0.1, 0.15) is 29.4 Å². The molecule has 2 unspecified atom stereocenters. The molecule has 1 N–H and O–H groups in total. The smallest absolute Gasteiger partial charge is 0.331 e. The molecule has 1 aliphatic rings. The third-order valence-electron chi connectivity index (χ3n) is 4.09. The number of carboxylic acid groups (broad SMARTS) is 1. The van der Waals surface area contributed by atoms with Crippen molar-refractivity contribution >= 4 is 5.97 Å². The molecule has 0 heterocycles. The molecule has 1 aliphatic carbocycles. The van der Waals surface area contributed by atoms with E-state index in [0.29, 0.717) is 12.0 Å². The van der Waals surface area contributed by atoms with Crippen LogP contribution in [0.25, 0.3) is 0 Å². The molecule has 0 amide bonds. The molecule has 0 spiro atoms. The Labute approximate surface area is 130 Å². The molecule has 2 heteroatoms. The third kappa shape index (κ3) is 3.01. The Morgan fingerprint density at radius 1 is 0.864 bits per heavy atom. The molecule has 2 nitrogen and oxygen atoms in total. The van der Waals surface area contributed by atoms with E-state index >= 15 is 0 Å². The largest absolute Gasteiger partial charge is 0.478 e. The third-order valence-corrected chi connectivity index (χ3v) is 4.09. The maximum atomic E-state index is 11.4. The highest BCUT2D eigenvalue weighted by Crippen LogP contribution is 2.38. The van der Waals surface area contributed by atoms with Gasteiger partial charge in [0.2, 0.25) is 0 Å². The lowest BCUT2D eigenvalue weighted by molar-refractivity contribution is -0.132. The number of hydrogen-bond donors (Lipinski definition) is 1. The van der Waals surface area contributed by atoms with E-state index in [1.54, 1.807) is 0 Å². The highest BCUT2D eigenvalue weighted by molar-refractivity contribution is 5.87. The second kappa shape index (κ2) is 6.44. The standard InChI is InChI=1S/C20H18O2/c21-20(22)17-12-7-13-18(15-8-3-1-4-9-15)19(14-17)16-10-5-2-6-11-16/h1-11,13-14,18-19H,12H2,(H,21,22). The summed E-state index contributed by atoms with van der Waals surface area (Å²) in [6.07, 6.45) is 6.50. The molecule has 3 rings (SSSR count). The Morgan fingerprint density at radius 2 is 1.41 bits per heavy atom. The first-order valence-electron chi connectivity index (χ1n) is 7.46. The van der Waals surface area contributed by atoms with Gasteiger partial charge in [-0.15, -0.1) is 0 Å². The van der Waals surface area contributed by atoms with Crippen molar-refractivity contribution < 1.29 is 9.90 Å². The van der Waals surface area contributed by atoms with Gasteiger partial charge >= 0.3 is 5.97 Å². The first-order valence-corrected chi connectivity index (χ1v) is 7.46. The number of aliphatic carboxylic acids is 1. The average Bonchev–Trinajstić information content (AvgIpc) is 2.79. The Hall–Kier alpha value is -2.61. The fourth-order valence-corrected chi connectivity index (χ4v) is 2.98. The summed E-state index contributed by atoms with van der Waals surface area (Å²) < 4.78 is 0. The molecule has 2 atom stereocenters. The monoisotopic (exact) mass is 290 g/mol. The Morgan fingerprint density at radius 3 is 1.95 bits per heavy atom. The second-order valence-electron chi connectivity index (χ2n) is 5.50. The minimum absolute atomic E-state index is 0.0356. The van der Waals surface area contributed by atoms with Gasteiger partial charge in [0.1, 0.15) is 0 Å². The summed E-state index contributed by atoms with van der Waals surface area (Å²) in [6.45, 7) is 0. The summed E-state index contributed by atoms with van der Waals surface area (Å²) in [5.74, 6) is -0.645. The van der Waals surface area contributed by atoms with Gasteiger partial charge in [0.25, 0.3) is 0 Å². The van der Waals surface area contributed by atoms with Crippen LogP contribution in [0.2, 0.25) is 0 Å². The minimum atomic E-state index is -0.834. The van der Waals surface area contributed by atoms with Crippen molar-refractivity contribution in [2.24, 2.45) is 0 Å². The summed E-state index contributed by atoms with van der Waals surface area (Å²) in [5, 5.41) is 9.38. The van der Waals surface area contributed by atoms with Crippen molar-refractivity contribution in [1.29, 1.82) is 0 Å². The summed E-state index contributed by atoms with van der Waals surface area (Å²) in [6, 6.07) is 20.4. The van der Waals surface area contributed by atoms with E-state index in [4.69, 9.17) is 0 Å². The van der Waals surface area contributed by atoms with Crippen molar-refractivity contribution in [3.63, 3.8) is 0 Å². The Balaban J connectivity index is 2.09. The molecule has 0 aromatic heterocycles. The molecular weight excluding hydrogens is 272 g/mol. The van der Waals surface area contributed by atoms with Gasteiger partial charge in [-0.25, -0.2) is 4.79 Å². The van der Waals surface area contributed by atoms with Crippen molar-refractivity contribution in [2.75, 3.05) is 0 Å². The number of benzene rings is 2. The van der Waals surface area contributed by atoms with E-state index in [1.807, 2.05) is 48.6 Å². The van der Waals surface area contributed by atoms with Crippen molar-refractivity contribution in [3.05, 3.63) is 95.6 Å². The van der Waals surface area contributed by atoms with Crippen molar-refractivity contribution in [1.82, 2.24) is 0 Å². The number of allylic oxidation sites excluding steroid dienone is 3. The summed E-state index contributed by atoms with van der Waals surface area (Å²) >= 11 is 0. The van der Waals surface area contributed by atoms with E-state index in [1.165, 1.54) is 5.56 Å². The molecule has 2 aromatic carbocycles. The first-order chi connectivity index (χ1) is 10.8. The maximum absolute atomic E-state index is 11.4. The van der Waals surface area contributed by atoms with Gasteiger partial charge in [0, 0.05) is 17.4 Å². The lowest BCUT2D eigenvalue weighted by Crippen LogP contribution is -2.09.